The van der Waals surface area contributed by atoms with Gasteiger partial charge in [0.1, 0.15) is 5.69 Å². The second-order valence-electron chi connectivity index (χ2n) is 8.17. The molecule has 1 atom stereocenters. The van der Waals surface area contributed by atoms with Crippen molar-refractivity contribution in [2.24, 2.45) is 5.92 Å². The maximum atomic E-state index is 13.1. The van der Waals surface area contributed by atoms with E-state index in [0.717, 1.165) is 49.7 Å². The van der Waals surface area contributed by atoms with Crippen LogP contribution in [0, 0.1) is 17.2 Å². The molecule has 29 heavy (non-hydrogen) atoms. The lowest BCUT2D eigenvalue weighted by Crippen LogP contribution is -2.34. The third-order valence-electron chi connectivity index (χ3n) is 6.28. The number of fused-ring (bicyclic) bond motifs is 1. The largest absolute Gasteiger partial charge is 0.343 e. The monoisotopic (exact) mass is 389 g/mol. The molecule has 0 spiro atoms. The molecule has 0 aliphatic heterocycles. The van der Waals surface area contributed by atoms with Gasteiger partial charge in [0, 0.05) is 6.20 Å². The molecular formula is C21H23N7O. The number of nitrogens with one attached hydrogen (secondary N) is 1. The van der Waals surface area contributed by atoms with Gasteiger partial charge in [-0.25, -0.2) is 9.20 Å². The van der Waals surface area contributed by atoms with Crippen LogP contribution in [-0.4, -0.2) is 30.5 Å². The molecular weight excluding hydrogens is 366 g/mol. The summed E-state index contributed by atoms with van der Waals surface area (Å²) in [5.74, 6) is 0.162. The molecule has 8 heteroatoms. The number of rotatable bonds is 5. The molecule has 2 aliphatic rings. The Balaban J connectivity index is 1.45. The SMILES string of the molecule is N#CC1(n2cc([C@@H](NC(=O)c3cnn4ccccc34)C3CCCCC3)nn2)CC1. The average Bonchev–Trinajstić information content (AvgIpc) is 3.20. The molecule has 3 heterocycles. The van der Waals surface area contributed by atoms with E-state index in [1.165, 1.54) is 6.42 Å². The van der Waals surface area contributed by atoms with E-state index in [2.05, 4.69) is 26.8 Å². The molecule has 0 unspecified atom stereocenters. The maximum absolute atomic E-state index is 13.1. The summed E-state index contributed by atoms with van der Waals surface area (Å²) >= 11 is 0. The first-order valence-electron chi connectivity index (χ1n) is 10.3. The number of pyridine rings is 1. The summed E-state index contributed by atoms with van der Waals surface area (Å²) in [5, 5.41) is 25.5. The van der Waals surface area contributed by atoms with Gasteiger partial charge in [0.15, 0.2) is 5.54 Å². The number of carbonyl (C=O) groups excluding carboxylic acids is 1. The highest BCUT2D eigenvalue weighted by atomic mass is 16.1. The minimum atomic E-state index is -0.547. The van der Waals surface area contributed by atoms with Gasteiger partial charge in [-0.3, -0.25) is 4.79 Å². The van der Waals surface area contributed by atoms with Crippen molar-refractivity contribution >= 4 is 11.4 Å². The van der Waals surface area contributed by atoms with Gasteiger partial charge >= 0.3 is 0 Å². The van der Waals surface area contributed by atoms with E-state index < -0.39 is 5.54 Å². The maximum Gasteiger partial charge on any atom is 0.255 e. The lowest BCUT2D eigenvalue weighted by molar-refractivity contribution is 0.0912. The number of hydrogen-bond donors (Lipinski definition) is 1. The van der Waals surface area contributed by atoms with Gasteiger partial charge in [0.25, 0.3) is 5.91 Å². The molecule has 0 bridgehead atoms. The van der Waals surface area contributed by atoms with Crippen LogP contribution in [0.3, 0.4) is 0 Å². The zero-order valence-electron chi connectivity index (χ0n) is 16.2. The summed E-state index contributed by atoms with van der Waals surface area (Å²) in [6, 6.07) is 7.79. The zero-order chi connectivity index (χ0) is 19.8. The summed E-state index contributed by atoms with van der Waals surface area (Å²) in [6.45, 7) is 0. The molecule has 3 aromatic heterocycles. The van der Waals surface area contributed by atoms with Crippen molar-refractivity contribution in [3.05, 3.63) is 48.0 Å². The van der Waals surface area contributed by atoms with Gasteiger partial charge in [0.2, 0.25) is 0 Å². The highest BCUT2D eigenvalue weighted by Gasteiger charge is 2.47. The Morgan fingerprint density at radius 1 is 1.28 bits per heavy atom. The number of nitrogens with zero attached hydrogens (tertiary/aromatic N) is 6. The highest BCUT2D eigenvalue weighted by molar-refractivity contribution is 6.00. The van der Waals surface area contributed by atoms with Gasteiger partial charge in [-0.15, -0.1) is 5.10 Å². The summed E-state index contributed by atoms with van der Waals surface area (Å²) in [5.41, 5.74) is 1.52. The second kappa shape index (κ2) is 6.99. The lowest BCUT2D eigenvalue weighted by atomic mass is 9.82. The Bertz CT molecular complexity index is 1080. The molecule has 5 rings (SSSR count). The van der Waals surface area contributed by atoms with Crippen LogP contribution in [0.15, 0.2) is 36.8 Å². The molecule has 8 nitrogen and oxygen atoms in total. The number of aromatic nitrogens is 5. The van der Waals surface area contributed by atoms with E-state index in [1.807, 2.05) is 30.6 Å². The third kappa shape index (κ3) is 3.16. The van der Waals surface area contributed by atoms with Crippen LogP contribution in [0.2, 0.25) is 0 Å². The van der Waals surface area contributed by atoms with Crippen molar-refractivity contribution in [3.63, 3.8) is 0 Å². The number of nitriles is 1. The summed E-state index contributed by atoms with van der Waals surface area (Å²) < 4.78 is 3.38. The first-order valence-corrected chi connectivity index (χ1v) is 10.3. The molecule has 148 valence electrons. The minimum Gasteiger partial charge on any atom is -0.343 e. The third-order valence-corrected chi connectivity index (χ3v) is 6.28. The van der Waals surface area contributed by atoms with Crippen LogP contribution in [0.4, 0.5) is 0 Å². The molecule has 1 N–H and O–H groups in total. The standard InChI is InChI=1S/C21H23N7O/c22-14-21(9-10-21)28-13-17(25-26-28)19(15-6-2-1-3-7-15)24-20(29)16-12-23-27-11-5-4-8-18(16)27/h4-5,8,11-13,15,19H,1-3,6-7,9-10H2,(H,24,29)/t19-/m0/s1. The van der Waals surface area contributed by atoms with E-state index in [-0.39, 0.29) is 11.9 Å². The second-order valence-corrected chi connectivity index (χ2v) is 8.17. The summed E-state index contributed by atoms with van der Waals surface area (Å²) in [7, 11) is 0. The van der Waals surface area contributed by atoms with Gasteiger partial charge in [-0.2, -0.15) is 10.4 Å². The molecule has 1 amide bonds. The van der Waals surface area contributed by atoms with Crippen molar-refractivity contribution < 1.29 is 4.79 Å². The fourth-order valence-corrected chi connectivity index (χ4v) is 4.37. The zero-order valence-corrected chi connectivity index (χ0v) is 16.2. The van der Waals surface area contributed by atoms with Crippen molar-refractivity contribution in [2.75, 3.05) is 0 Å². The predicted octanol–water partition coefficient (Wildman–Crippen LogP) is 2.99. The van der Waals surface area contributed by atoms with Gasteiger partial charge in [-0.1, -0.05) is 30.5 Å². The molecule has 0 radical (unpaired) electrons. The molecule has 2 saturated carbocycles. The van der Waals surface area contributed by atoms with Crippen LogP contribution in [0.1, 0.15) is 67.0 Å². The van der Waals surface area contributed by atoms with Crippen LogP contribution >= 0.6 is 0 Å². The Kier molecular flexibility index (Phi) is 4.31. The fraction of sp³-hybridized carbons (Fsp3) is 0.476. The van der Waals surface area contributed by atoms with Gasteiger partial charge < -0.3 is 5.32 Å². The summed E-state index contributed by atoms with van der Waals surface area (Å²) in [4.78, 5) is 13.1. The quantitative estimate of drug-likeness (QED) is 0.723. The van der Waals surface area contributed by atoms with Gasteiger partial charge in [-0.05, 0) is 43.7 Å². The van der Waals surface area contributed by atoms with Crippen molar-refractivity contribution in [1.82, 2.24) is 29.9 Å². The van der Waals surface area contributed by atoms with Gasteiger partial charge in [0.05, 0.1) is 35.6 Å². The number of amides is 1. The van der Waals surface area contributed by atoms with E-state index in [1.54, 1.807) is 15.4 Å². The van der Waals surface area contributed by atoms with Crippen molar-refractivity contribution in [2.45, 2.75) is 56.5 Å². The van der Waals surface area contributed by atoms with Crippen LogP contribution in [0.5, 0.6) is 0 Å². The normalized spacial score (nSPS) is 19.6. The molecule has 2 fully saturated rings. The Labute approximate surface area is 168 Å². The first kappa shape index (κ1) is 17.9. The van der Waals surface area contributed by atoms with E-state index in [4.69, 9.17) is 0 Å². The van der Waals surface area contributed by atoms with E-state index in [0.29, 0.717) is 11.5 Å². The van der Waals surface area contributed by atoms with E-state index >= 15 is 0 Å². The van der Waals surface area contributed by atoms with Crippen molar-refractivity contribution in [3.8, 4) is 6.07 Å². The van der Waals surface area contributed by atoms with Crippen LogP contribution < -0.4 is 5.32 Å². The smallest absolute Gasteiger partial charge is 0.255 e. The van der Waals surface area contributed by atoms with Crippen LogP contribution in [0.25, 0.3) is 5.52 Å². The lowest BCUT2D eigenvalue weighted by Gasteiger charge is -2.29. The first-order chi connectivity index (χ1) is 14.2. The minimum absolute atomic E-state index is 0.155. The molecule has 3 aromatic rings. The summed E-state index contributed by atoms with van der Waals surface area (Å²) in [6.07, 6.45) is 12.5. The average molecular weight is 389 g/mol. The van der Waals surface area contributed by atoms with Crippen LogP contribution in [-0.2, 0) is 5.54 Å². The predicted molar refractivity (Wildman–Crippen MR) is 105 cm³/mol. The molecule has 0 saturated heterocycles. The Hall–Kier alpha value is -3.21. The number of hydrogen-bond acceptors (Lipinski definition) is 5. The molecule has 2 aliphatic carbocycles. The Morgan fingerprint density at radius 2 is 2.10 bits per heavy atom. The number of carbonyl (C=O) groups is 1. The fourth-order valence-electron chi connectivity index (χ4n) is 4.37. The van der Waals surface area contributed by atoms with Crippen molar-refractivity contribution in [1.29, 1.82) is 5.26 Å². The topological polar surface area (TPSA) is 101 Å². The van der Waals surface area contributed by atoms with E-state index in [9.17, 15) is 10.1 Å². The molecule has 0 aromatic carbocycles. The Morgan fingerprint density at radius 3 is 2.86 bits per heavy atom. The highest BCUT2D eigenvalue weighted by Crippen LogP contribution is 2.43.